The summed E-state index contributed by atoms with van der Waals surface area (Å²) in [5.74, 6) is 2.13. The summed E-state index contributed by atoms with van der Waals surface area (Å²) < 4.78 is 21.5. The predicted molar refractivity (Wildman–Crippen MR) is 100 cm³/mol. The number of carbonyl (C=O) groups is 1. The zero-order chi connectivity index (χ0) is 18.8. The van der Waals surface area contributed by atoms with E-state index < -0.39 is 0 Å². The van der Waals surface area contributed by atoms with Crippen molar-refractivity contribution in [1.82, 2.24) is 0 Å². The molecule has 3 rings (SSSR count). The Morgan fingerprint density at radius 2 is 1.46 bits per heavy atom. The number of aryl methyl sites for hydroxylation is 1. The summed E-state index contributed by atoms with van der Waals surface area (Å²) >= 11 is 0. The van der Waals surface area contributed by atoms with Crippen LogP contribution >= 0.6 is 0 Å². The van der Waals surface area contributed by atoms with Gasteiger partial charge in [-0.3, -0.25) is 4.79 Å². The Kier molecular flexibility index (Phi) is 4.75. The fourth-order valence-electron chi connectivity index (χ4n) is 3.04. The van der Waals surface area contributed by atoms with E-state index in [1.165, 1.54) is 0 Å². The number of anilines is 1. The largest absolute Gasteiger partial charge is 0.496 e. The maximum Gasteiger partial charge on any atom is 0.256 e. The van der Waals surface area contributed by atoms with Crippen LogP contribution in [0.5, 0.6) is 23.0 Å². The second kappa shape index (κ2) is 7.00. The van der Waals surface area contributed by atoms with Crippen molar-refractivity contribution in [1.29, 1.82) is 0 Å². The van der Waals surface area contributed by atoms with Crippen LogP contribution in [0.15, 0.2) is 24.3 Å². The molecule has 1 N–H and O–H groups in total. The van der Waals surface area contributed by atoms with Crippen LogP contribution in [-0.2, 0) is 4.79 Å². The van der Waals surface area contributed by atoms with Gasteiger partial charge < -0.3 is 24.3 Å². The number of methoxy groups -OCH3 is 4. The third-order valence-corrected chi connectivity index (χ3v) is 4.32. The summed E-state index contributed by atoms with van der Waals surface area (Å²) in [5.41, 5.74) is 3.84. The molecule has 26 heavy (non-hydrogen) atoms. The van der Waals surface area contributed by atoms with Crippen molar-refractivity contribution in [2.45, 2.75) is 6.92 Å². The van der Waals surface area contributed by atoms with Crippen LogP contribution in [0, 0.1) is 6.92 Å². The first kappa shape index (κ1) is 17.7. The van der Waals surface area contributed by atoms with Crippen molar-refractivity contribution in [3.8, 4) is 23.0 Å². The van der Waals surface area contributed by atoms with Gasteiger partial charge in [-0.25, -0.2) is 0 Å². The molecule has 0 unspecified atom stereocenters. The molecule has 136 valence electrons. The van der Waals surface area contributed by atoms with Crippen molar-refractivity contribution in [3.63, 3.8) is 0 Å². The molecule has 0 spiro atoms. The van der Waals surface area contributed by atoms with Crippen LogP contribution in [0.4, 0.5) is 5.69 Å². The van der Waals surface area contributed by atoms with Gasteiger partial charge >= 0.3 is 0 Å². The average molecular weight is 355 g/mol. The van der Waals surface area contributed by atoms with E-state index >= 15 is 0 Å². The second-order valence-corrected chi connectivity index (χ2v) is 5.84. The Bertz CT molecular complexity index is 876. The molecule has 0 aromatic heterocycles. The molecule has 0 bridgehead atoms. The zero-order valence-electron chi connectivity index (χ0n) is 15.4. The molecular weight excluding hydrogens is 334 g/mol. The van der Waals surface area contributed by atoms with Gasteiger partial charge in [0.15, 0.2) is 11.5 Å². The van der Waals surface area contributed by atoms with Gasteiger partial charge in [-0.05, 0) is 48.4 Å². The number of carbonyl (C=O) groups excluding carboxylic acids is 1. The molecular formula is C20H21NO5. The van der Waals surface area contributed by atoms with Crippen molar-refractivity contribution in [2.24, 2.45) is 0 Å². The fraction of sp³-hybridized carbons (Fsp3) is 0.250. The van der Waals surface area contributed by atoms with E-state index in [4.69, 9.17) is 18.9 Å². The topological polar surface area (TPSA) is 66.0 Å². The maximum absolute atomic E-state index is 12.5. The highest BCUT2D eigenvalue weighted by molar-refractivity contribution is 6.35. The Morgan fingerprint density at radius 3 is 2.00 bits per heavy atom. The van der Waals surface area contributed by atoms with Crippen molar-refractivity contribution < 1.29 is 23.7 Å². The van der Waals surface area contributed by atoms with Gasteiger partial charge in [-0.2, -0.15) is 0 Å². The van der Waals surface area contributed by atoms with Crippen LogP contribution in [0.25, 0.3) is 11.6 Å². The molecule has 0 fully saturated rings. The molecule has 0 saturated heterocycles. The first-order valence-electron chi connectivity index (χ1n) is 8.04. The summed E-state index contributed by atoms with van der Waals surface area (Å²) in [7, 11) is 6.27. The summed E-state index contributed by atoms with van der Waals surface area (Å²) in [5, 5.41) is 2.89. The molecule has 2 aromatic carbocycles. The molecule has 1 aliphatic rings. The monoisotopic (exact) mass is 355 g/mol. The summed E-state index contributed by atoms with van der Waals surface area (Å²) in [6, 6.07) is 7.37. The number of fused-ring (bicyclic) bond motifs is 1. The van der Waals surface area contributed by atoms with Gasteiger partial charge in [-0.1, -0.05) is 0 Å². The molecule has 6 heteroatoms. The highest BCUT2D eigenvalue weighted by atomic mass is 16.5. The van der Waals surface area contributed by atoms with Crippen LogP contribution in [0.3, 0.4) is 0 Å². The van der Waals surface area contributed by atoms with Gasteiger partial charge in [0.05, 0.1) is 28.4 Å². The number of hydrogen-bond donors (Lipinski definition) is 1. The number of hydrogen-bond acceptors (Lipinski definition) is 5. The van der Waals surface area contributed by atoms with E-state index in [0.29, 0.717) is 22.8 Å². The van der Waals surface area contributed by atoms with E-state index in [2.05, 4.69) is 5.32 Å². The van der Waals surface area contributed by atoms with Crippen LogP contribution in [0.1, 0.15) is 16.7 Å². The number of nitrogens with one attached hydrogen (secondary N) is 1. The molecule has 0 radical (unpaired) electrons. The lowest BCUT2D eigenvalue weighted by Gasteiger charge is -2.13. The highest BCUT2D eigenvalue weighted by Crippen LogP contribution is 2.41. The summed E-state index contributed by atoms with van der Waals surface area (Å²) in [6.07, 6.45) is 1.79. The molecule has 2 aromatic rings. The smallest absolute Gasteiger partial charge is 0.256 e. The number of amides is 1. The minimum absolute atomic E-state index is 0.165. The lowest BCUT2D eigenvalue weighted by Crippen LogP contribution is -2.03. The summed E-state index contributed by atoms with van der Waals surface area (Å²) in [4.78, 5) is 12.5. The Hall–Kier alpha value is -3.15. The molecule has 0 aliphatic carbocycles. The number of rotatable bonds is 5. The molecule has 0 saturated carbocycles. The number of ether oxygens (including phenoxy) is 4. The third kappa shape index (κ3) is 2.94. The van der Waals surface area contributed by atoms with Gasteiger partial charge in [0.25, 0.3) is 5.91 Å². The minimum atomic E-state index is -0.165. The van der Waals surface area contributed by atoms with Crippen LogP contribution in [0.2, 0.25) is 0 Å². The lowest BCUT2D eigenvalue weighted by molar-refractivity contribution is -0.110. The van der Waals surface area contributed by atoms with E-state index in [1.807, 2.05) is 19.1 Å². The Labute approximate surface area is 152 Å². The van der Waals surface area contributed by atoms with E-state index in [1.54, 1.807) is 46.6 Å². The van der Waals surface area contributed by atoms with Gasteiger partial charge in [0.1, 0.15) is 5.75 Å². The summed E-state index contributed by atoms with van der Waals surface area (Å²) in [6.45, 7) is 1.94. The SMILES string of the molecule is COc1cc2c(cc1C)NC(=O)/C2=C/c1cc(OC)c(OC)c(OC)c1. The first-order valence-corrected chi connectivity index (χ1v) is 8.04. The second-order valence-electron chi connectivity index (χ2n) is 5.84. The Balaban J connectivity index is 2.13. The van der Waals surface area contributed by atoms with E-state index in [0.717, 1.165) is 28.1 Å². The predicted octanol–water partition coefficient (Wildman–Crippen LogP) is 3.52. The van der Waals surface area contributed by atoms with Crippen molar-refractivity contribution >= 4 is 23.2 Å². The maximum atomic E-state index is 12.5. The molecule has 0 atom stereocenters. The van der Waals surface area contributed by atoms with Crippen molar-refractivity contribution in [3.05, 3.63) is 41.0 Å². The standard InChI is InChI=1S/C20H21NO5/c1-11-6-15-13(10-16(11)23-2)14(20(22)21-15)7-12-8-17(24-3)19(26-5)18(9-12)25-4/h6-10H,1-5H3,(H,21,22)/b14-7+. The van der Waals surface area contributed by atoms with Gasteiger partial charge in [0, 0.05) is 16.8 Å². The van der Waals surface area contributed by atoms with Gasteiger partial charge in [-0.15, -0.1) is 0 Å². The van der Waals surface area contributed by atoms with Crippen molar-refractivity contribution in [2.75, 3.05) is 33.8 Å². The fourth-order valence-corrected chi connectivity index (χ4v) is 3.04. The molecule has 1 aliphatic heterocycles. The zero-order valence-corrected chi connectivity index (χ0v) is 15.4. The molecule has 1 heterocycles. The molecule has 1 amide bonds. The number of benzene rings is 2. The van der Waals surface area contributed by atoms with Crippen LogP contribution < -0.4 is 24.3 Å². The van der Waals surface area contributed by atoms with E-state index in [-0.39, 0.29) is 5.91 Å². The average Bonchev–Trinajstić information content (AvgIpc) is 2.94. The highest BCUT2D eigenvalue weighted by Gasteiger charge is 2.26. The van der Waals surface area contributed by atoms with E-state index in [9.17, 15) is 4.79 Å². The van der Waals surface area contributed by atoms with Gasteiger partial charge in [0.2, 0.25) is 5.75 Å². The normalized spacial score (nSPS) is 14.0. The quantitative estimate of drug-likeness (QED) is 0.831. The molecule has 6 nitrogen and oxygen atoms in total. The van der Waals surface area contributed by atoms with Crippen LogP contribution in [-0.4, -0.2) is 34.3 Å². The Morgan fingerprint density at radius 1 is 0.846 bits per heavy atom. The third-order valence-electron chi connectivity index (χ3n) is 4.32. The minimum Gasteiger partial charge on any atom is -0.496 e. The lowest BCUT2D eigenvalue weighted by atomic mass is 10.0. The first-order chi connectivity index (χ1) is 12.5.